The summed E-state index contributed by atoms with van der Waals surface area (Å²) in [6.07, 6.45) is -3.32. The van der Waals surface area contributed by atoms with Gasteiger partial charge in [-0.1, -0.05) is 55.8 Å². The second-order valence-electron chi connectivity index (χ2n) is 6.75. The lowest BCUT2D eigenvalue weighted by molar-refractivity contribution is -0.186. The largest absolute Gasteiger partial charge is 0.428 e. The molecule has 0 N–H and O–H groups in total. The Labute approximate surface area is 139 Å². The minimum Gasteiger partial charge on any atom is -0.428 e. The number of aryl methyl sites for hydroxylation is 1. The predicted molar refractivity (Wildman–Crippen MR) is 92.7 cm³/mol. The third-order valence-corrected chi connectivity index (χ3v) is 4.67. The van der Waals surface area contributed by atoms with Gasteiger partial charge in [0.05, 0.1) is 5.56 Å². The Balaban J connectivity index is 2.01. The predicted octanol–water partition coefficient (Wildman–Crippen LogP) is 6.38. The van der Waals surface area contributed by atoms with E-state index in [2.05, 4.69) is 13.8 Å². The summed E-state index contributed by atoms with van der Waals surface area (Å²) in [6.45, 7) is 6.03. The maximum absolute atomic E-state index is 14.6. The normalized spacial score (nSPS) is 15.1. The molecule has 0 aromatic heterocycles. The highest BCUT2D eigenvalue weighted by atomic mass is 19.3. The van der Waals surface area contributed by atoms with E-state index in [-0.39, 0.29) is 11.3 Å². The second kappa shape index (κ2) is 5.04. The number of alkyl halides is 2. The highest BCUT2D eigenvalue weighted by Crippen LogP contribution is 2.49. The first kappa shape index (κ1) is 15.1. The van der Waals surface area contributed by atoms with Crippen LogP contribution in [0.5, 0.6) is 5.75 Å². The average Bonchev–Trinajstić information content (AvgIpc) is 2.54. The molecular weight excluding hydrogens is 306 g/mol. The van der Waals surface area contributed by atoms with Gasteiger partial charge in [-0.05, 0) is 41.5 Å². The van der Waals surface area contributed by atoms with Gasteiger partial charge in [-0.2, -0.15) is 8.78 Å². The van der Waals surface area contributed by atoms with Crippen LogP contribution < -0.4 is 4.74 Å². The Morgan fingerprint density at radius 3 is 2.42 bits per heavy atom. The monoisotopic (exact) mass is 324 g/mol. The molecule has 1 nitrogen and oxygen atoms in total. The molecular formula is C21H18F2O. The molecule has 24 heavy (non-hydrogen) atoms. The fraction of sp³-hybridized carbons (Fsp3) is 0.238. The van der Waals surface area contributed by atoms with Crippen LogP contribution in [-0.4, -0.2) is 0 Å². The maximum Gasteiger partial charge on any atom is 0.427 e. The van der Waals surface area contributed by atoms with E-state index in [9.17, 15) is 8.78 Å². The van der Waals surface area contributed by atoms with Crippen molar-refractivity contribution in [2.24, 2.45) is 0 Å². The topological polar surface area (TPSA) is 9.23 Å². The maximum atomic E-state index is 14.6. The molecule has 0 spiro atoms. The molecule has 0 saturated heterocycles. The number of benzene rings is 3. The zero-order chi connectivity index (χ0) is 17.1. The molecule has 3 aromatic rings. The van der Waals surface area contributed by atoms with Crippen molar-refractivity contribution >= 4 is 10.8 Å². The van der Waals surface area contributed by atoms with E-state index >= 15 is 0 Å². The van der Waals surface area contributed by atoms with Crippen molar-refractivity contribution in [1.29, 1.82) is 0 Å². The molecule has 1 aliphatic heterocycles. The van der Waals surface area contributed by atoms with Crippen molar-refractivity contribution in [2.45, 2.75) is 32.8 Å². The molecule has 1 heterocycles. The zero-order valence-corrected chi connectivity index (χ0v) is 13.9. The van der Waals surface area contributed by atoms with Crippen LogP contribution in [0.3, 0.4) is 0 Å². The molecule has 0 atom stereocenters. The molecule has 122 valence electrons. The van der Waals surface area contributed by atoms with Crippen LogP contribution in [0.15, 0.2) is 48.5 Å². The average molecular weight is 324 g/mol. The van der Waals surface area contributed by atoms with Gasteiger partial charge in [0, 0.05) is 10.9 Å². The van der Waals surface area contributed by atoms with Crippen molar-refractivity contribution < 1.29 is 13.5 Å². The first-order valence-corrected chi connectivity index (χ1v) is 8.12. The summed E-state index contributed by atoms with van der Waals surface area (Å²) in [6, 6.07) is 14.9. The molecule has 0 fully saturated rings. The van der Waals surface area contributed by atoms with Gasteiger partial charge in [0.15, 0.2) is 0 Å². The molecule has 0 radical (unpaired) electrons. The minimum atomic E-state index is -3.32. The van der Waals surface area contributed by atoms with Crippen LogP contribution in [0.25, 0.3) is 21.9 Å². The summed E-state index contributed by atoms with van der Waals surface area (Å²) in [5.74, 6) is 0.653. The van der Waals surface area contributed by atoms with E-state index in [1.807, 2.05) is 36.4 Å². The number of halogens is 2. The lowest BCUT2D eigenvalue weighted by atomic mass is 9.91. The van der Waals surface area contributed by atoms with Crippen molar-refractivity contribution in [2.75, 3.05) is 0 Å². The summed E-state index contributed by atoms with van der Waals surface area (Å²) in [7, 11) is 0. The van der Waals surface area contributed by atoms with E-state index in [4.69, 9.17) is 4.74 Å². The quantitative estimate of drug-likeness (QED) is 0.504. The van der Waals surface area contributed by atoms with E-state index in [1.165, 1.54) is 11.6 Å². The molecule has 0 amide bonds. The Hall–Kier alpha value is -2.42. The van der Waals surface area contributed by atoms with Crippen LogP contribution in [0.1, 0.15) is 36.5 Å². The highest BCUT2D eigenvalue weighted by Gasteiger charge is 2.42. The summed E-state index contributed by atoms with van der Waals surface area (Å²) >= 11 is 0. The van der Waals surface area contributed by atoms with Gasteiger partial charge >= 0.3 is 6.11 Å². The van der Waals surface area contributed by atoms with E-state index in [1.54, 1.807) is 13.0 Å². The fourth-order valence-electron chi connectivity index (χ4n) is 3.32. The number of hydrogen-bond donors (Lipinski definition) is 0. The van der Waals surface area contributed by atoms with Gasteiger partial charge in [0.1, 0.15) is 5.75 Å². The van der Waals surface area contributed by atoms with Gasteiger partial charge in [0.2, 0.25) is 0 Å². The molecule has 1 aliphatic rings. The Bertz CT molecular complexity index is 957. The lowest BCUT2D eigenvalue weighted by Crippen LogP contribution is -2.26. The summed E-state index contributed by atoms with van der Waals surface area (Å²) in [5, 5.41) is 1.65. The molecule has 0 unspecified atom stereocenters. The Morgan fingerprint density at radius 2 is 1.67 bits per heavy atom. The first-order chi connectivity index (χ1) is 11.4. The summed E-state index contributed by atoms with van der Waals surface area (Å²) in [5.41, 5.74) is 3.18. The van der Waals surface area contributed by atoms with Crippen molar-refractivity contribution in [1.82, 2.24) is 0 Å². The van der Waals surface area contributed by atoms with Crippen molar-refractivity contribution in [3.8, 4) is 16.9 Å². The van der Waals surface area contributed by atoms with Crippen LogP contribution in [-0.2, 0) is 6.11 Å². The van der Waals surface area contributed by atoms with Crippen molar-refractivity contribution in [3.63, 3.8) is 0 Å². The van der Waals surface area contributed by atoms with E-state index < -0.39 is 6.11 Å². The standard InChI is InChI=1S/C21H18F2O/c1-12(2)14-5-8-16-15(11-14)6-9-18-17-7-4-13(3)10-19(17)21(22,23)24-20(16)18/h4-12H,1-3H3. The smallest absolute Gasteiger partial charge is 0.427 e. The van der Waals surface area contributed by atoms with Crippen LogP contribution in [0.4, 0.5) is 8.78 Å². The third kappa shape index (κ3) is 2.19. The van der Waals surface area contributed by atoms with Gasteiger partial charge in [-0.25, -0.2) is 0 Å². The summed E-state index contributed by atoms with van der Waals surface area (Å²) < 4.78 is 34.3. The molecule has 0 saturated carbocycles. The van der Waals surface area contributed by atoms with E-state index in [0.29, 0.717) is 11.5 Å². The molecule has 3 heteroatoms. The molecule has 0 aliphatic carbocycles. The van der Waals surface area contributed by atoms with Gasteiger partial charge < -0.3 is 4.74 Å². The third-order valence-electron chi connectivity index (χ3n) is 4.67. The molecule has 4 rings (SSSR count). The summed E-state index contributed by atoms with van der Waals surface area (Å²) in [4.78, 5) is 0. The van der Waals surface area contributed by atoms with Gasteiger partial charge in [-0.15, -0.1) is 0 Å². The fourth-order valence-corrected chi connectivity index (χ4v) is 3.32. The first-order valence-electron chi connectivity index (χ1n) is 8.12. The number of ether oxygens (including phenoxy) is 1. The SMILES string of the molecule is Cc1ccc2c(c1)C(F)(F)Oc1c-2ccc2cc(C(C)C)ccc12. The van der Waals surface area contributed by atoms with Crippen LogP contribution >= 0.6 is 0 Å². The van der Waals surface area contributed by atoms with Gasteiger partial charge in [-0.3, -0.25) is 0 Å². The Morgan fingerprint density at radius 1 is 0.917 bits per heavy atom. The van der Waals surface area contributed by atoms with Gasteiger partial charge in [0.25, 0.3) is 0 Å². The minimum absolute atomic E-state index is 0.0619. The number of rotatable bonds is 1. The zero-order valence-electron chi connectivity index (χ0n) is 13.9. The van der Waals surface area contributed by atoms with Crippen LogP contribution in [0.2, 0.25) is 0 Å². The lowest BCUT2D eigenvalue weighted by Gasteiger charge is -2.29. The van der Waals surface area contributed by atoms with Crippen molar-refractivity contribution in [3.05, 3.63) is 65.2 Å². The molecule has 0 bridgehead atoms. The second-order valence-corrected chi connectivity index (χ2v) is 6.75. The Kier molecular flexibility index (Phi) is 3.17. The molecule has 3 aromatic carbocycles. The number of hydrogen-bond acceptors (Lipinski definition) is 1. The van der Waals surface area contributed by atoms with Crippen LogP contribution in [0, 0.1) is 6.92 Å². The number of fused-ring (bicyclic) bond motifs is 5. The van der Waals surface area contributed by atoms with E-state index in [0.717, 1.165) is 21.9 Å². The highest BCUT2D eigenvalue weighted by molar-refractivity contribution is 5.97.